The Hall–Kier alpha value is -1.07. The highest BCUT2D eigenvalue weighted by molar-refractivity contribution is 7.99. The molecule has 0 aliphatic rings. The molecule has 1 aromatic carbocycles. The molecule has 0 aliphatic carbocycles. The molecule has 0 heterocycles. The van der Waals surface area contributed by atoms with Gasteiger partial charge >= 0.3 is 5.97 Å². The van der Waals surface area contributed by atoms with E-state index in [4.69, 9.17) is 10.8 Å². The van der Waals surface area contributed by atoms with Crippen molar-refractivity contribution in [2.24, 2.45) is 5.73 Å². The molecule has 0 saturated carbocycles. The van der Waals surface area contributed by atoms with Gasteiger partial charge in [0.1, 0.15) is 11.4 Å². The number of rotatable bonds is 7. The lowest BCUT2D eigenvalue weighted by Gasteiger charge is -2.18. The zero-order valence-corrected chi connectivity index (χ0v) is 11.2. The maximum absolute atomic E-state index is 12.9. The van der Waals surface area contributed by atoms with Crippen LogP contribution in [0.4, 0.5) is 4.39 Å². The topological polar surface area (TPSA) is 63.3 Å². The Morgan fingerprint density at radius 2 is 2.22 bits per heavy atom. The lowest BCUT2D eigenvalue weighted by molar-refractivity contribution is -0.142. The standard InChI is InChI=1S/C13H18FNO2S/c1-13(15,12(16)17)7-2-3-8-18-11-6-4-5-10(14)9-11/h4-6,9H,2-3,7-8,15H2,1H3,(H,16,17). The van der Waals surface area contributed by atoms with E-state index in [0.29, 0.717) is 6.42 Å². The lowest BCUT2D eigenvalue weighted by atomic mass is 9.97. The highest BCUT2D eigenvalue weighted by Gasteiger charge is 2.26. The van der Waals surface area contributed by atoms with E-state index in [-0.39, 0.29) is 5.82 Å². The van der Waals surface area contributed by atoms with Crippen LogP contribution in [0.25, 0.3) is 0 Å². The van der Waals surface area contributed by atoms with Crippen LogP contribution < -0.4 is 5.73 Å². The van der Waals surface area contributed by atoms with Gasteiger partial charge < -0.3 is 10.8 Å². The van der Waals surface area contributed by atoms with Crippen molar-refractivity contribution in [1.82, 2.24) is 0 Å². The molecule has 3 nitrogen and oxygen atoms in total. The number of carboxylic acid groups (broad SMARTS) is 1. The average molecular weight is 271 g/mol. The molecule has 0 bridgehead atoms. The highest BCUT2D eigenvalue weighted by Crippen LogP contribution is 2.21. The summed E-state index contributed by atoms with van der Waals surface area (Å²) >= 11 is 1.57. The third kappa shape index (κ3) is 5.06. The molecule has 3 N–H and O–H groups in total. The predicted molar refractivity (Wildman–Crippen MR) is 71.2 cm³/mol. The summed E-state index contributed by atoms with van der Waals surface area (Å²) in [5.74, 6) is -0.375. The molecule has 100 valence electrons. The van der Waals surface area contributed by atoms with E-state index in [0.717, 1.165) is 23.5 Å². The summed E-state index contributed by atoms with van der Waals surface area (Å²) in [5, 5.41) is 8.83. The van der Waals surface area contributed by atoms with Gasteiger partial charge in [0.2, 0.25) is 0 Å². The Labute approximate surface area is 111 Å². The molecular weight excluding hydrogens is 253 g/mol. The van der Waals surface area contributed by atoms with E-state index in [9.17, 15) is 9.18 Å². The van der Waals surface area contributed by atoms with Gasteiger partial charge in [-0.25, -0.2) is 4.39 Å². The Morgan fingerprint density at radius 3 is 2.83 bits per heavy atom. The van der Waals surface area contributed by atoms with Crippen LogP contribution in [-0.4, -0.2) is 22.4 Å². The van der Waals surface area contributed by atoms with Gasteiger partial charge in [-0.1, -0.05) is 12.5 Å². The Bertz CT molecular complexity index is 410. The maximum atomic E-state index is 12.9. The number of thioether (sulfide) groups is 1. The molecule has 1 unspecified atom stereocenters. The van der Waals surface area contributed by atoms with Crippen molar-refractivity contribution >= 4 is 17.7 Å². The van der Waals surface area contributed by atoms with Crippen molar-refractivity contribution in [2.45, 2.75) is 36.6 Å². The SMILES string of the molecule is CC(N)(CCCCSc1cccc(F)c1)C(=O)O. The number of carbonyl (C=O) groups is 1. The van der Waals surface area contributed by atoms with E-state index < -0.39 is 11.5 Å². The zero-order chi connectivity index (χ0) is 13.6. The van der Waals surface area contributed by atoms with Crippen LogP contribution in [0.2, 0.25) is 0 Å². The second-order valence-electron chi connectivity index (χ2n) is 4.49. The number of hydrogen-bond donors (Lipinski definition) is 2. The minimum absolute atomic E-state index is 0.236. The number of halogens is 1. The summed E-state index contributed by atoms with van der Waals surface area (Å²) in [6, 6.07) is 6.45. The van der Waals surface area contributed by atoms with Gasteiger partial charge in [0, 0.05) is 4.90 Å². The summed E-state index contributed by atoms with van der Waals surface area (Å²) < 4.78 is 12.9. The predicted octanol–water partition coefficient (Wildman–Crippen LogP) is 2.89. The number of unbranched alkanes of at least 4 members (excludes halogenated alkanes) is 1. The smallest absolute Gasteiger partial charge is 0.323 e. The highest BCUT2D eigenvalue weighted by atomic mass is 32.2. The number of hydrogen-bond acceptors (Lipinski definition) is 3. The Morgan fingerprint density at radius 1 is 1.50 bits per heavy atom. The number of carboxylic acids is 1. The first-order chi connectivity index (χ1) is 8.42. The first-order valence-electron chi connectivity index (χ1n) is 5.82. The average Bonchev–Trinajstić information content (AvgIpc) is 2.28. The van der Waals surface area contributed by atoms with E-state index >= 15 is 0 Å². The quantitative estimate of drug-likeness (QED) is 0.591. The second-order valence-corrected chi connectivity index (χ2v) is 5.65. The van der Waals surface area contributed by atoms with Crippen molar-refractivity contribution in [3.05, 3.63) is 30.1 Å². The second kappa shape index (κ2) is 6.75. The van der Waals surface area contributed by atoms with Gasteiger partial charge in [-0.15, -0.1) is 11.8 Å². The van der Waals surface area contributed by atoms with Gasteiger partial charge in [0.25, 0.3) is 0 Å². The van der Waals surface area contributed by atoms with Gasteiger partial charge in [-0.05, 0) is 43.7 Å². The third-order valence-corrected chi connectivity index (χ3v) is 3.72. The molecule has 0 spiro atoms. The summed E-state index contributed by atoms with van der Waals surface area (Å²) in [6.07, 6.45) is 2.06. The number of nitrogens with two attached hydrogens (primary N) is 1. The molecule has 0 aromatic heterocycles. The number of aliphatic carboxylic acids is 1. The van der Waals surface area contributed by atoms with Crippen molar-refractivity contribution in [1.29, 1.82) is 0 Å². The van der Waals surface area contributed by atoms with E-state index in [1.54, 1.807) is 17.8 Å². The zero-order valence-electron chi connectivity index (χ0n) is 10.4. The van der Waals surface area contributed by atoms with Gasteiger partial charge in [-0.2, -0.15) is 0 Å². The molecule has 1 rings (SSSR count). The van der Waals surface area contributed by atoms with Gasteiger partial charge in [0.15, 0.2) is 0 Å². The first kappa shape index (κ1) is 15.0. The summed E-state index contributed by atoms with van der Waals surface area (Å²) in [5.41, 5.74) is 4.47. The van der Waals surface area contributed by atoms with Crippen molar-refractivity contribution in [3.63, 3.8) is 0 Å². The largest absolute Gasteiger partial charge is 0.480 e. The monoisotopic (exact) mass is 271 g/mol. The van der Waals surface area contributed by atoms with Crippen LogP contribution in [0.15, 0.2) is 29.2 Å². The Balaban J connectivity index is 2.22. The van der Waals surface area contributed by atoms with Crippen LogP contribution >= 0.6 is 11.8 Å². The molecule has 0 aliphatic heterocycles. The van der Waals surface area contributed by atoms with Crippen LogP contribution in [0.1, 0.15) is 26.2 Å². The maximum Gasteiger partial charge on any atom is 0.323 e. The molecule has 0 saturated heterocycles. The van der Waals surface area contributed by atoms with Crippen molar-refractivity contribution in [2.75, 3.05) is 5.75 Å². The lowest BCUT2D eigenvalue weighted by Crippen LogP contribution is -2.44. The van der Waals surface area contributed by atoms with E-state index in [1.807, 2.05) is 6.07 Å². The molecule has 0 radical (unpaired) electrons. The fourth-order valence-electron chi connectivity index (χ4n) is 1.45. The molecular formula is C13H18FNO2S. The molecule has 18 heavy (non-hydrogen) atoms. The van der Waals surface area contributed by atoms with Crippen molar-refractivity contribution in [3.8, 4) is 0 Å². The minimum atomic E-state index is -1.15. The van der Waals surface area contributed by atoms with Crippen molar-refractivity contribution < 1.29 is 14.3 Å². The molecule has 0 fully saturated rings. The summed E-state index contributed by atoms with van der Waals surface area (Å²) in [4.78, 5) is 11.7. The van der Waals surface area contributed by atoms with Crippen LogP contribution in [0.5, 0.6) is 0 Å². The number of benzene rings is 1. The fraction of sp³-hybridized carbons (Fsp3) is 0.462. The fourth-order valence-corrected chi connectivity index (χ4v) is 2.40. The molecule has 1 atom stereocenters. The Kier molecular flexibility index (Phi) is 5.62. The summed E-state index contributed by atoms with van der Waals surface area (Å²) in [7, 11) is 0. The van der Waals surface area contributed by atoms with Crippen LogP contribution in [-0.2, 0) is 4.79 Å². The van der Waals surface area contributed by atoms with Gasteiger partial charge in [0.05, 0.1) is 0 Å². The molecule has 5 heteroatoms. The normalized spacial score (nSPS) is 14.2. The van der Waals surface area contributed by atoms with E-state index in [1.165, 1.54) is 19.1 Å². The van der Waals surface area contributed by atoms with Gasteiger partial charge in [-0.3, -0.25) is 4.79 Å². The molecule has 0 amide bonds. The first-order valence-corrected chi connectivity index (χ1v) is 6.81. The molecule has 1 aromatic rings. The summed E-state index contributed by atoms with van der Waals surface area (Å²) in [6.45, 7) is 1.52. The minimum Gasteiger partial charge on any atom is -0.480 e. The van der Waals surface area contributed by atoms with Crippen LogP contribution in [0, 0.1) is 5.82 Å². The van der Waals surface area contributed by atoms with E-state index in [2.05, 4.69) is 0 Å². The van der Waals surface area contributed by atoms with Crippen LogP contribution in [0.3, 0.4) is 0 Å². The third-order valence-electron chi connectivity index (χ3n) is 2.64.